The standard InChI is InChI=1S/C25H18Cl2N4O2/c26-17-7-10-20(27)19(13-17)25(33)29-18-8-5-15(6-9-18)23(32)22-24-28-11-12-31(24)14-16-3-1-2-4-21(16)30-22/h1-13,22,30H,14H2,(H,29,33). The zero-order valence-corrected chi connectivity index (χ0v) is 18.8. The molecule has 1 aliphatic heterocycles. The lowest BCUT2D eigenvalue weighted by molar-refractivity contribution is 0.0965. The molecule has 33 heavy (non-hydrogen) atoms. The second-order valence-corrected chi connectivity index (χ2v) is 8.51. The molecule has 2 N–H and O–H groups in total. The molecule has 1 aliphatic rings. The van der Waals surface area contributed by atoms with Gasteiger partial charge in [-0.1, -0.05) is 41.4 Å². The molecule has 8 heteroatoms. The maximum Gasteiger partial charge on any atom is 0.257 e. The first-order valence-electron chi connectivity index (χ1n) is 10.3. The molecule has 4 aromatic rings. The molecular formula is C25H18Cl2N4O2. The number of fused-ring (bicyclic) bond motifs is 2. The van der Waals surface area contributed by atoms with E-state index in [0.29, 0.717) is 33.7 Å². The van der Waals surface area contributed by atoms with E-state index in [9.17, 15) is 9.59 Å². The summed E-state index contributed by atoms with van der Waals surface area (Å²) in [6.07, 6.45) is 3.57. The van der Waals surface area contributed by atoms with Crippen LogP contribution in [0.3, 0.4) is 0 Å². The molecule has 5 rings (SSSR count). The fourth-order valence-electron chi connectivity index (χ4n) is 3.85. The fraction of sp³-hybridized carbons (Fsp3) is 0.0800. The van der Waals surface area contributed by atoms with Crippen molar-refractivity contribution in [2.45, 2.75) is 12.6 Å². The van der Waals surface area contributed by atoms with Crippen LogP contribution < -0.4 is 10.6 Å². The molecule has 164 valence electrons. The Balaban J connectivity index is 1.38. The molecule has 1 amide bonds. The average molecular weight is 477 g/mol. The van der Waals surface area contributed by atoms with Crippen LogP contribution in [-0.2, 0) is 6.54 Å². The van der Waals surface area contributed by atoms with Crippen LogP contribution >= 0.6 is 23.2 Å². The van der Waals surface area contributed by atoms with Gasteiger partial charge in [-0.3, -0.25) is 9.59 Å². The number of ketones is 1. The Morgan fingerprint density at radius 1 is 1.03 bits per heavy atom. The first kappa shape index (κ1) is 21.2. The Hall–Kier alpha value is -3.61. The van der Waals surface area contributed by atoms with E-state index in [4.69, 9.17) is 23.2 Å². The van der Waals surface area contributed by atoms with Crippen LogP contribution in [0, 0.1) is 0 Å². The highest BCUT2D eigenvalue weighted by Gasteiger charge is 2.29. The van der Waals surface area contributed by atoms with Crippen LogP contribution in [0.2, 0.25) is 10.0 Å². The van der Waals surface area contributed by atoms with Crippen molar-refractivity contribution in [2.75, 3.05) is 10.6 Å². The molecule has 1 atom stereocenters. The van der Waals surface area contributed by atoms with Gasteiger partial charge in [-0.2, -0.15) is 0 Å². The number of imidazole rings is 1. The van der Waals surface area contributed by atoms with E-state index in [-0.39, 0.29) is 17.3 Å². The number of nitrogens with one attached hydrogen (secondary N) is 2. The molecule has 0 aliphatic carbocycles. The van der Waals surface area contributed by atoms with Gasteiger partial charge < -0.3 is 15.2 Å². The summed E-state index contributed by atoms with van der Waals surface area (Å²) in [6.45, 7) is 0.638. The molecule has 2 heterocycles. The van der Waals surface area contributed by atoms with E-state index in [1.54, 1.807) is 42.6 Å². The van der Waals surface area contributed by atoms with Crippen molar-refractivity contribution in [2.24, 2.45) is 0 Å². The van der Waals surface area contributed by atoms with E-state index in [1.807, 2.05) is 35.0 Å². The molecular weight excluding hydrogens is 459 g/mol. The third-order valence-corrected chi connectivity index (χ3v) is 6.09. The van der Waals surface area contributed by atoms with Crippen molar-refractivity contribution in [3.63, 3.8) is 0 Å². The van der Waals surface area contributed by atoms with Crippen LogP contribution in [0.15, 0.2) is 79.1 Å². The Kier molecular flexibility index (Phi) is 5.62. The summed E-state index contributed by atoms with van der Waals surface area (Å²) in [4.78, 5) is 30.4. The number of aromatic nitrogens is 2. The summed E-state index contributed by atoms with van der Waals surface area (Å²) in [5.41, 5.74) is 3.30. The van der Waals surface area contributed by atoms with Gasteiger partial charge in [-0.25, -0.2) is 4.98 Å². The maximum atomic E-state index is 13.4. The second kappa shape index (κ2) is 8.73. The summed E-state index contributed by atoms with van der Waals surface area (Å²) >= 11 is 12.1. The van der Waals surface area contributed by atoms with Crippen molar-refractivity contribution in [1.29, 1.82) is 0 Å². The van der Waals surface area contributed by atoms with Crippen molar-refractivity contribution < 1.29 is 9.59 Å². The molecule has 0 bridgehead atoms. The Morgan fingerprint density at radius 3 is 2.64 bits per heavy atom. The fourth-order valence-corrected chi connectivity index (χ4v) is 4.23. The second-order valence-electron chi connectivity index (χ2n) is 7.67. The molecule has 0 spiro atoms. The lowest BCUT2D eigenvalue weighted by Crippen LogP contribution is -2.23. The summed E-state index contributed by atoms with van der Waals surface area (Å²) in [7, 11) is 0. The number of anilines is 2. The lowest BCUT2D eigenvalue weighted by atomic mass is 10.0. The van der Waals surface area contributed by atoms with Gasteiger partial charge in [-0.15, -0.1) is 0 Å². The summed E-state index contributed by atoms with van der Waals surface area (Å²) in [5.74, 6) is 0.157. The lowest BCUT2D eigenvalue weighted by Gasteiger charge is -2.17. The normalized spacial score (nSPS) is 14.4. The predicted octanol–water partition coefficient (Wildman–Crippen LogP) is 5.84. The van der Waals surface area contributed by atoms with Crippen molar-refractivity contribution in [3.05, 3.63) is 112 Å². The summed E-state index contributed by atoms with van der Waals surface area (Å²) < 4.78 is 1.98. The van der Waals surface area contributed by atoms with Gasteiger partial charge in [0.05, 0.1) is 17.1 Å². The number of benzene rings is 3. The topological polar surface area (TPSA) is 76.0 Å². The van der Waals surface area contributed by atoms with Gasteiger partial charge in [0.2, 0.25) is 0 Å². The van der Waals surface area contributed by atoms with Crippen LogP contribution in [0.5, 0.6) is 0 Å². The average Bonchev–Trinajstić information content (AvgIpc) is 3.21. The molecule has 1 unspecified atom stereocenters. The van der Waals surface area contributed by atoms with Crippen molar-refractivity contribution in [3.8, 4) is 0 Å². The molecule has 0 saturated carbocycles. The minimum Gasteiger partial charge on any atom is -0.369 e. The maximum absolute atomic E-state index is 13.4. The third-order valence-electron chi connectivity index (χ3n) is 5.53. The Morgan fingerprint density at radius 2 is 1.82 bits per heavy atom. The van der Waals surface area contributed by atoms with Gasteiger partial charge in [-0.05, 0) is 54.1 Å². The van der Waals surface area contributed by atoms with Crippen LogP contribution in [0.4, 0.5) is 11.4 Å². The molecule has 1 aromatic heterocycles. The monoisotopic (exact) mass is 476 g/mol. The first-order chi connectivity index (χ1) is 16.0. The zero-order chi connectivity index (χ0) is 22.9. The Labute approximate surface area is 200 Å². The number of Topliss-reactive ketones (excluding diaryl/α,β-unsaturated/α-hetero) is 1. The quantitative estimate of drug-likeness (QED) is 0.362. The molecule has 0 radical (unpaired) electrons. The SMILES string of the molecule is O=C(Nc1ccc(C(=O)C2Nc3ccccc3Cn3ccnc32)cc1)c1cc(Cl)ccc1Cl. The third kappa shape index (κ3) is 4.23. The number of amides is 1. The highest BCUT2D eigenvalue weighted by Crippen LogP contribution is 2.30. The van der Waals surface area contributed by atoms with Gasteiger partial charge in [0.25, 0.3) is 5.91 Å². The first-order valence-corrected chi connectivity index (χ1v) is 11.0. The van der Waals surface area contributed by atoms with E-state index >= 15 is 0 Å². The number of para-hydroxylation sites is 1. The number of halogens is 2. The number of hydrogen-bond donors (Lipinski definition) is 2. The zero-order valence-electron chi connectivity index (χ0n) is 17.3. The van der Waals surface area contributed by atoms with Crippen LogP contribution in [0.1, 0.15) is 38.1 Å². The largest absolute Gasteiger partial charge is 0.369 e. The van der Waals surface area contributed by atoms with Gasteiger partial charge in [0, 0.05) is 34.4 Å². The van der Waals surface area contributed by atoms with Gasteiger partial charge in [0.1, 0.15) is 11.9 Å². The minimum absolute atomic E-state index is 0.116. The molecule has 0 saturated heterocycles. The summed E-state index contributed by atoms with van der Waals surface area (Å²) in [6, 6.07) is 18.7. The summed E-state index contributed by atoms with van der Waals surface area (Å²) in [5, 5.41) is 6.85. The molecule has 6 nitrogen and oxygen atoms in total. The van der Waals surface area contributed by atoms with E-state index in [0.717, 1.165) is 11.3 Å². The van der Waals surface area contributed by atoms with E-state index in [2.05, 4.69) is 15.6 Å². The van der Waals surface area contributed by atoms with E-state index < -0.39 is 6.04 Å². The Bertz CT molecular complexity index is 1370. The number of rotatable bonds is 4. The highest BCUT2D eigenvalue weighted by atomic mass is 35.5. The minimum atomic E-state index is -0.630. The van der Waals surface area contributed by atoms with Crippen LogP contribution in [0.25, 0.3) is 0 Å². The molecule has 3 aromatic carbocycles. The van der Waals surface area contributed by atoms with Crippen molar-refractivity contribution in [1.82, 2.24) is 9.55 Å². The number of carbonyl (C=O) groups is 2. The predicted molar refractivity (Wildman–Crippen MR) is 129 cm³/mol. The number of carbonyl (C=O) groups excluding carboxylic acids is 2. The molecule has 0 fully saturated rings. The van der Waals surface area contributed by atoms with Crippen LogP contribution in [-0.4, -0.2) is 21.2 Å². The smallest absolute Gasteiger partial charge is 0.257 e. The van der Waals surface area contributed by atoms with E-state index in [1.165, 1.54) is 6.07 Å². The number of hydrogen-bond acceptors (Lipinski definition) is 4. The van der Waals surface area contributed by atoms with Gasteiger partial charge >= 0.3 is 0 Å². The highest BCUT2D eigenvalue weighted by molar-refractivity contribution is 6.36. The number of nitrogens with zero attached hydrogens (tertiary/aromatic N) is 2. The van der Waals surface area contributed by atoms with Crippen molar-refractivity contribution >= 4 is 46.3 Å². The van der Waals surface area contributed by atoms with Gasteiger partial charge in [0.15, 0.2) is 5.78 Å².